The molecule has 1 fully saturated rings. The predicted octanol–water partition coefficient (Wildman–Crippen LogP) is 2.92. The second-order valence-corrected chi connectivity index (χ2v) is 4.66. The van der Waals surface area contributed by atoms with E-state index in [-0.39, 0.29) is 13.0 Å². The van der Waals surface area contributed by atoms with Crippen LogP contribution in [0.5, 0.6) is 0 Å². The summed E-state index contributed by atoms with van der Waals surface area (Å²) in [4.78, 5) is 1.81. The minimum atomic E-state index is -4.10. The number of rotatable bonds is 2. The van der Waals surface area contributed by atoms with Crippen LogP contribution in [0.4, 0.5) is 18.9 Å². The molecule has 0 spiro atoms. The third-order valence-electron chi connectivity index (χ3n) is 3.44. The van der Waals surface area contributed by atoms with E-state index in [1.54, 1.807) is 0 Å². The van der Waals surface area contributed by atoms with E-state index < -0.39 is 12.1 Å². The lowest BCUT2D eigenvalue weighted by Crippen LogP contribution is -2.42. The van der Waals surface area contributed by atoms with Gasteiger partial charge < -0.3 is 10.6 Å². The quantitative estimate of drug-likeness (QED) is 0.883. The van der Waals surface area contributed by atoms with Crippen LogP contribution in [0.15, 0.2) is 24.3 Å². The molecule has 1 aliphatic rings. The first kappa shape index (κ1) is 13.2. The number of piperidine rings is 1. The number of benzene rings is 1. The highest BCUT2D eigenvalue weighted by molar-refractivity contribution is 5.54. The van der Waals surface area contributed by atoms with Gasteiger partial charge in [0.1, 0.15) is 0 Å². The predicted molar refractivity (Wildman–Crippen MR) is 65.3 cm³/mol. The van der Waals surface area contributed by atoms with Crippen molar-refractivity contribution in [1.82, 2.24) is 0 Å². The third kappa shape index (κ3) is 2.77. The largest absolute Gasteiger partial charge is 0.393 e. The Morgan fingerprint density at radius 1 is 1.28 bits per heavy atom. The summed E-state index contributed by atoms with van der Waals surface area (Å²) >= 11 is 0. The van der Waals surface area contributed by atoms with Gasteiger partial charge in [-0.2, -0.15) is 13.2 Å². The van der Waals surface area contributed by atoms with Gasteiger partial charge in [-0.15, -0.1) is 0 Å². The van der Waals surface area contributed by atoms with Gasteiger partial charge >= 0.3 is 6.18 Å². The Kier molecular flexibility index (Phi) is 3.80. The first-order valence-electron chi connectivity index (χ1n) is 6.12. The second kappa shape index (κ2) is 5.18. The Bertz CT molecular complexity index is 403. The summed E-state index contributed by atoms with van der Waals surface area (Å²) < 4.78 is 38.3. The molecule has 0 saturated carbocycles. The number of para-hydroxylation sites is 1. The lowest BCUT2D eigenvalue weighted by atomic mass is 9.96. The molecule has 1 aliphatic heterocycles. The molecule has 0 aromatic heterocycles. The summed E-state index contributed by atoms with van der Waals surface area (Å²) in [7, 11) is 0. The Morgan fingerprint density at radius 2 is 2.00 bits per heavy atom. The van der Waals surface area contributed by atoms with E-state index in [2.05, 4.69) is 0 Å². The topological polar surface area (TPSA) is 29.3 Å². The Balaban J connectivity index is 2.18. The maximum Gasteiger partial charge on any atom is 0.393 e. The van der Waals surface area contributed by atoms with Crippen molar-refractivity contribution >= 4 is 5.69 Å². The molecule has 0 bridgehead atoms. The zero-order valence-corrected chi connectivity index (χ0v) is 10.1. The molecule has 5 heteroatoms. The van der Waals surface area contributed by atoms with Gasteiger partial charge in [0.05, 0.1) is 5.92 Å². The van der Waals surface area contributed by atoms with Gasteiger partial charge in [0.25, 0.3) is 0 Å². The van der Waals surface area contributed by atoms with Crippen molar-refractivity contribution in [2.75, 3.05) is 18.0 Å². The van der Waals surface area contributed by atoms with Crippen LogP contribution in [0, 0.1) is 5.92 Å². The minimum Gasteiger partial charge on any atom is -0.371 e. The van der Waals surface area contributed by atoms with Crippen LogP contribution in [-0.4, -0.2) is 19.3 Å². The highest BCUT2D eigenvalue weighted by atomic mass is 19.4. The van der Waals surface area contributed by atoms with E-state index >= 15 is 0 Å². The smallest absolute Gasteiger partial charge is 0.371 e. The van der Waals surface area contributed by atoms with Crippen molar-refractivity contribution < 1.29 is 13.2 Å². The summed E-state index contributed by atoms with van der Waals surface area (Å²) in [6.45, 7) is 1.06. The van der Waals surface area contributed by atoms with Crippen molar-refractivity contribution in [2.24, 2.45) is 11.7 Å². The number of halogens is 3. The maximum atomic E-state index is 12.8. The fourth-order valence-corrected chi connectivity index (χ4v) is 2.46. The number of nitrogens with zero attached hydrogens (tertiary/aromatic N) is 1. The fourth-order valence-electron chi connectivity index (χ4n) is 2.46. The van der Waals surface area contributed by atoms with E-state index in [1.165, 1.54) is 0 Å². The minimum absolute atomic E-state index is 0.0422. The van der Waals surface area contributed by atoms with Crippen LogP contribution >= 0.6 is 0 Å². The fraction of sp³-hybridized carbons (Fsp3) is 0.538. The first-order chi connectivity index (χ1) is 8.52. The molecule has 2 rings (SSSR count). The second-order valence-electron chi connectivity index (χ2n) is 4.66. The number of hydrogen-bond acceptors (Lipinski definition) is 2. The molecular weight excluding hydrogens is 241 g/mol. The standard InChI is InChI=1S/C13H17F3N2/c14-13(15,16)11-5-3-7-18(9-11)12-6-2-1-4-10(12)8-17/h1-2,4,6,11H,3,5,7-9,17H2. The van der Waals surface area contributed by atoms with Crippen LogP contribution in [0.1, 0.15) is 18.4 Å². The zero-order chi connectivity index (χ0) is 13.2. The van der Waals surface area contributed by atoms with Crippen LogP contribution in [0.2, 0.25) is 0 Å². The highest BCUT2D eigenvalue weighted by Crippen LogP contribution is 2.35. The Morgan fingerprint density at radius 3 is 2.67 bits per heavy atom. The molecule has 0 radical (unpaired) electrons. The molecule has 1 atom stereocenters. The van der Waals surface area contributed by atoms with Crippen LogP contribution in [-0.2, 0) is 6.54 Å². The van der Waals surface area contributed by atoms with Crippen molar-refractivity contribution in [1.29, 1.82) is 0 Å². The summed E-state index contributed by atoms with van der Waals surface area (Å²) in [6, 6.07) is 7.41. The van der Waals surface area contributed by atoms with Crippen molar-refractivity contribution in [2.45, 2.75) is 25.6 Å². The van der Waals surface area contributed by atoms with Gasteiger partial charge in [-0.25, -0.2) is 0 Å². The molecule has 1 saturated heterocycles. The van der Waals surface area contributed by atoms with E-state index in [0.717, 1.165) is 11.3 Å². The van der Waals surface area contributed by atoms with Crippen molar-refractivity contribution in [3.05, 3.63) is 29.8 Å². The molecular formula is C13H17F3N2. The summed E-state index contributed by atoms with van der Waals surface area (Å²) in [5.74, 6) is -1.22. The Hall–Kier alpha value is -1.23. The van der Waals surface area contributed by atoms with Gasteiger partial charge in [-0.05, 0) is 24.5 Å². The van der Waals surface area contributed by atoms with Gasteiger partial charge in [-0.1, -0.05) is 18.2 Å². The van der Waals surface area contributed by atoms with Gasteiger partial charge in [0.15, 0.2) is 0 Å². The number of nitrogens with two attached hydrogens (primary N) is 1. The number of hydrogen-bond donors (Lipinski definition) is 1. The number of alkyl halides is 3. The van der Waals surface area contributed by atoms with Crippen molar-refractivity contribution in [3.8, 4) is 0 Å². The molecule has 0 aliphatic carbocycles. The summed E-state index contributed by atoms with van der Waals surface area (Å²) in [5.41, 5.74) is 7.37. The Labute approximate surface area is 105 Å². The summed E-state index contributed by atoms with van der Waals surface area (Å²) in [5, 5.41) is 0. The number of anilines is 1. The van der Waals surface area contributed by atoms with Crippen molar-refractivity contribution in [3.63, 3.8) is 0 Å². The molecule has 18 heavy (non-hydrogen) atoms. The van der Waals surface area contributed by atoms with E-state index in [1.807, 2.05) is 29.2 Å². The molecule has 0 amide bonds. The zero-order valence-electron chi connectivity index (χ0n) is 10.1. The van der Waals surface area contributed by atoms with Gasteiger partial charge in [0.2, 0.25) is 0 Å². The third-order valence-corrected chi connectivity index (χ3v) is 3.44. The lowest BCUT2D eigenvalue weighted by molar-refractivity contribution is -0.176. The van der Waals surface area contributed by atoms with Crippen LogP contribution in [0.25, 0.3) is 0 Å². The molecule has 2 N–H and O–H groups in total. The lowest BCUT2D eigenvalue weighted by Gasteiger charge is -2.36. The maximum absolute atomic E-state index is 12.8. The average Bonchev–Trinajstić information content (AvgIpc) is 2.38. The van der Waals surface area contributed by atoms with E-state index in [4.69, 9.17) is 5.73 Å². The molecule has 1 aromatic carbocycles. The average molecular weight is 258 g/mol. The molecule has 2 nitrogen and oxygen atoms in total. The molecule has 1 heterocycles. The molecule has 1 aromatic rings. The van der Waals surface area contributed by atoms with Gasteiger partial charge in [0, 0.05) is 25.3 Å². The van der Waals surface area contributed by atoms with E-state index in [9.17, 15) is 13.2 Å². The highest BCUT2D eigenvalue weighted by Gasteiger charge is 2.41. The molecule has 100 valence electrons. The van der Waals surface area contributed by atoms with Crippen LogP contribution in [0.3, 0.4) is 0 Å². The van der Waals surface area contributed by atoms with Gasteiger partial charge in [-0.3, -0.25) is 0 Å². The molecule has 1 unspecified atom stereocenters. The summed E-state index contributed by atoms with van der Waals surface area (Å²) in [6.07, 6.45) is -3.30. The monoisotopic (exact) mass is 258 g/mol. The SMILES string of the molecule is NCc1ccccc1N1CCCC(C(F)(F)F)C1. The van der Waals surface area contributed by atoms with E-state index in [0.29, 0.717) is 19.5 Å². The first-order valence-corrected chi connectivity index (χ1v) is 6.12. The van der Waals surface area contributed by atoms with Crippen LogP contribution < -0.4 is 10.6 Å². The normalized spacial score (nSPS) is 21.1.